The molecule has 16 heavy (non-hydrogen) atoms. The minimum absolute atomic E-state index is 0.233. The first-order chi connectivity index (χ1) is 7.34. The highest BCUT2D eigenvalue weighted by Crippen LogP contribution is 2.23. The van der Waals surface area contributed by atoms with Crippen molar-refractivity contribution >= 4 is 5.69 Å². The molecule has 0 aliphatic carbocycles. The molecule has 0 saturated carbocycles. The number of halogens is 2. The summed E-state index contributed by atoms with van der Waals surface area (Å²) in [5.74, 6) is 0. The van der Waals surface area contributed by atoms with Crippen LogP contribution in [0.5, 0.6) is 0 Å². The van der Waals surface area contributed by atoms with E-state index in [9.17, 15) is 8.78 Å². The Hall–Kier alpha value is -1.13. The van der Waals surface area contributed by atoms with Crippen LogP contribution >= 0.6 is 0 Å². The third kappa shape index (κ3) is 2.51. The number of aromatic nitrogens is 2. The van der Waals surface area contributed by atoms with Gasteiger partial charge in [-0.05, 0) is 34.6 Å². The van der Waals surface area contributed by atoms with Crippen molar-refractivity contribution < 1.29 is 8.78 Å². The molecule has 0 radical (unpaired) electrons. The molecule has 0 spiro atoms. The molecule has 92 valence electrons. The van der Waals surface area contributed by atoms with Crippen LogP contribution in [0.15, 0.2) is 0 Å². The molecule has 0 saturated heterocycles. The number of nitrogens with zero attached hydrogens (tertiary/aromatic N) is 2. The fourth-order valence-electron chi connectivity index (χ4n) is 1.67. The number of alkyl halides is 2. The molecular formula is C11H19F2N3. The normalized spacial score (nSPS) is 13.6. The van der Waals surface area contributed by atoms with Gasteiger partial charge in [-0.2, -0.15) is 5.10 Å². The van der Waals surface area contributed by atoms with Gasteiger partial charge in [0.2, 0.25) is 0 Å². The van der Waals surface area contributed by atoms with E-state index in [2.05, 4.69) is 10.4 Å². The lowest BCUT2D eigenvalue weighted by atomic mass is 10.2. The number of aryl methyl sites for hydroxylation is 1. The van der Waals surface area contributed by atoms with Crippen molar-refractivity contribution in [2.45, 2.75) is 53.1 Å². The van der Waals surface area contributed by atoms with E-state index in [1.165, 1.54) is 6.92 Å². The van der Waals surface area contributed by atoms with Gasteiger partial charge < -0.3 is 5.32 Å². The van der Waals surface area contributed by atoms with Gasteiger partial charge in [0.15, 0.2) is 0 Å². The van der Waals surface area contributed by atoms with Gasteiger partial charge in [-0.15, -0.1) is 0 Å². The van der Waals surface area contributed by atoms with Crippen molar-refractivity contribution in [2.75, 3.05) is 5.32 Å². The summed E-state index contributed by atoms with van der Waals surface area (Å²) in [5.41, 5.74) is 2.39. The SMILES string of the molecule is Cc1nn(C(C)C)c(C)c1NC(C)C(F)F. The van der Waals surface area contributed by atoms with E-state index >= 15 is 0 Å². The molecule has 0 aromatic carbocycles. The molecule has 3 nitrogen and oxygen atoms in total. The van der Waals surface area contributed by atoms with Crippen molar-refractivity contribution in [3.63, 3.8) is 0 Å². The number of hydrogen-bond acceptors (Lipinski definition) is 2. The Kier molecular flexibility index (Phi) is 3.88. The molecule has 1 N–H and O–H groups in total. The first-order valence-electron chi connectivity index (χ1n) is 5.45. The van der Waals surface area contributed by atoms with E-state index < -0.39 is 12.5 Å². The molecule has 1 rings (SSSR count). The first kappa shape index (κ1) is 12.9. The lowest BCUT2D eigenvalue weighted by Gasteiger charge is -2.15. The second-order valence-electron chi connectivity index (χ2n) is 4.35. The highest BCUT2D eigenvalue weighted by molar-refractivity contribution is 5.52. The van der Waals surface area contributed by atoms with E-state index in [1.54, 1.807) is 0 Å². The van der Waals surface area contributed by atoms with Gasteiger partial charge in [0.1, 0.15) is 0 Å². The number of anilines is 1. The van der Waals surface area contributed by atoms with Crippen LogP contribution in [-0.2, 0) is 0 Å². The largest absolute Gasteiger partial charge is 0.374 e. The van der Waals surface area contributed by atoms with Crippen LogP contribution in [-0.4, -0.2) is 22.2 Å². The second-order valence-corrected chi connectivity index (χ2v) is 4.35. The van der Waals surface area contributed by atoms with Crippen LogP contribution in [0.2, 0.25) is 0 Å². The fourth-order valence-corrected chi connectivity index (χ4v) is 1.67. The Morgan fingerprint density at radius 2 is 1.75 bits per heavy atom. The maximum atomic E-state index is 12.5. The van der Waals surface area contributed by atoms with Crippen LogP contribution in [0.4, 0.5) is 14.5 Å². The topological polar surface area (TPSA) is 29.9 Å². The zero-order valence-corrected chi connectivity index (χ0v) is 10.4. The average molecular weight is 231 g/mol. The number of hydrogen-bond donors (Lipinski definition) is 1. The maximum absolute atomic E-state index is 12.5. The molecule has 1 unspecified atom stereocenters. The zero-order valence-electron chi connectivity index (χ0n) is 10.4. The molecule has 0 aliphatic rings. The molecule has 0 fully saturated rings. The molecule has 0 aliphatic heterocycles. The summed E-state index contributed by atoms with van der Waals surface area (Å²) in [6.45, 7) is 9.21. The Morgan fingerprint density at radius 3 is 2.12 bits per heavy atom. The Morgan fingerprint density at radius 1 is 1.19 bits per heavy atom. The van der Waals surface area contributed by atoms with Gasteiger partial charge in [0.25, 0.3) is 6.43 Å². The molecular weight excluding hydrogens is 212 g/mol. The summed E-state index contributed by atoms with van der Waals surface area (Å²) < 4.78 is 26.7. The predicted molar refractivity (Wildman–Crippen MR) is 61.2 cm³/mol. The van der Waals surface area contributed by atoms with Gasteiger partial charge in [-0.25, -0.2) is 8.78 Å². The van der Waals surface area contributed by atoms with E-state index in [-0.39, 0.29) is 6.04 Å². The van der Waals surface area contributed by atoms with Crippen molar-refractivity contribution in [1.29, 1.82) is 0 Å². The van der Waals surface area contributed by atoms with Crippen molar-refractivity contribution in [1.82, 2.24) is 9.78 Å². The lowest BCUT2D eigenvalue weighted by Crippen LogP contribution is -2.24. The van der Waals surface area contributed by atoms with Gasteiger partial charge in [-0.1, -0.05) is 0 Å². The summed E-state index contributed by atoms with van der Waals surface area (Å²) in [6, 6.07) is -0.627. The molecule has 0 bridgehead atoms. The molecule has 0 amide bonds. The Bertz CT molecular complexity index is 358. The van der Waals surface area contributed by atoms with E-state index in [0.29, 0.717) is 0 Å². The Balaban J connectivity index is 2.96. The summed E-state index contributed by atoms with van der Waals surface area (Å²) >= 11 is 0. The van der Waals surface area contributed by atoms with Crippen LogP contribution in [0, 0.1) is 13.8 Å². The highest BCUT2D eigenvalue weighted by atomic mass is 19.3. The molecule has 1 atom stereocenters. The number of rotatable bonds is 4. The van der Waals surface area contributed by atoms with Crippen LogP contribution < -0.4 is 5.32 Å². The molecule has 1 aromatic rings. The van der Waals surface area contributed by atoms with Crippen molar-refractivity contribution in [3.8, 4) is 0 Å². The zero-order chi connectivity index (χ0) is 12.5. The summed E-state index contributed by atoms with van der Waals surface area (Å²) in [6.07, 6.45) is -2.37. The summed E-state index contributed by atoms with van der Waals surface area (Å²) in [5, 5.41) is 7.15. The second kappa shape index (κ2) is 4.80. The van der Waals surface area contributed by atoms with Gasteiger partial charge in [0, 0.05) is 6.04 Å². The standard InChI is InChI=1S/C11H19F2N3/c1-6(2)16-9(5)10(7(3)15-16)14-8(4)11(12)13/h6,8,11,14H,1-5H3. The first-order valence-corrected chi connectivity index (χ1v) is 5.45. The molecule has 5 heteroatoms. The third-order valence-corrected chi connectivity index (χ3v) is 2.56. The van der Waals surface area contributed by atoms with E-state index in [4.69, 9.17) is 0 Å². The lowest BCUT2D eigenvalue weighted by molar-refractivity contribution is 0.130. The molecule has 1 heterocycles. The fraction of sp³-hybridized carbons (Fsp3) is 0.727. The van der Waals surface area contributed by atoms with Crippen LogP contribution in [0.25, 0.3) is 0 Å². The summed E-state index contributed by atoms with van der Waals surface area (Å²) in [7, 11) is 0. The van der Waals surface area contributed by atoms with Gasteiger partial charge in [0.05, 0.1) is 23.1 Å². The van der Waals surface area contributed by atoms with Crippen LogP contribution in [0.3, 0.4) is 0 Å². The predicted octanol–water partition coefficient (Wildman–Crippen LogP) is 3.15. The Labute approximate surface area is 94.8 Å². The van der Waals surface area contributed by atoms with E-state index in [1.807, 2.05) is 32.4 Å². The minimum Gasteiger partial charge on any atom is -0.374 e. The maximum Gasteiger partial charge on any atom is 0.258 e. The van der Waals surface area contributed by atoms with Gasteiger partial charge in [-0.3, -0.25) is 4.68 Å². The van der Waals surface area contributed by atoms with E-state index in [0.717, 1.165) is 17.1 Å². The van der Waals surface area contributed by atoms with Gasteiger partial charge >= 0.3 is 0 Å². The average Bonchev–Trinajstić information content (AvgIpc) is 2.45. The molecule has 1 aromatic heterocycles. The smallest absolute Gasteiger partial charge is 0.258 e. The van der Waals surface area contributed by atoms with Crippen molar-refractivity contribution in [2.24, 2.45) is 0 Å². The highest BCUT2D eigenvalue weighted by Gasteiger charge is 2.19. The minimum atomic E-state index is -2.37. The quantitative estimate of drug-likeness (QED) is 0.862. The summed E-state index contributed by atoms with van der Waals surface area (Å²) in [4.78, 5) is 0. The van der Waals surface area contributed by atoms with Crippen molar-refractivity contribution in [3.05, 3.63) is 11.4 Å². The number of nitrogens with one attached hydrogen (secondary N) is 1. The van der Waals surface area contributed by atoms with Crippen LogP contribution in [0.1, 0.15) is 38.2 Å². The third-order valence-electron chi connectivity index (χ3n) is 2.56. The monoisotopic (exact) mass is 231 g/mol.